The fourth-order valence-electron chi connectivity index (χ4n) is 8.70. The van der Waals surface area contributed by atoms with Crippen molar-refractivity contribution in [3.8, 4) is 44.5 Å². The molecule has 0 heterocycles. The summed E-state index contributed by atoms with van der Waals surface area (Å²) in [5, 5.41) is 7.64. The van der Waals surface area contributed by atoms with Crippen LogP contribution in [-0.2, 0) is 0 Å². The number of benzene rings is 8. The molecule has 0 saturated carbocycles. The molecule has 0 unspecified atom stereocenters. The lowest BCUT2D eigenvalue weighted by Crippen LogP contribution is -2.03. The van der Waals surface area contributed by atoms with Crippen LogP contribution in [0.3, 0.4) is 0 Å². The van der Waals surface area contributed by atoms with Crippen molar-refractivity contribution in [1.29, 1.82) is 0 Å². The van der Waals surface area contributed by atoms with Gasteiger partial charge >= 0.3 is 0 Å². The van der Waals surface area contributed by atoms with Gasteiger partial charge in [-0.1, -0.05) is 164 Å². The van der Waals surface area contributed by atoms with Crippen molar-refractivity contribution in [3.05, 3.63) is 199 Å². The minimum atomic E-state index is 1.12. The van der Waals surface area contributed by atoms with Crippen LogP contribution in [0.4, 0.5) is 0 Å². The van der Waals surface area contributed by atoms with Gasteiger partial charge in [0.05, 0.1) is 0 Å². The zero-order valence-corrected chi connectivity index (χ0v) is 29.1. The number of hydrogen-bond acceptors (Lipinski definition) is 0. The van der Waals surface area contributed by atoms with E-state index in [1.54, 1.807) is 5.57 Å². The molecule has 0 fully saturated rings. The van der Waals surface area contributed by atoms with Gasteiger partial charge in [-0.15, -0.1) is 0 Å². The Bertz CT molecular complexity index is 2700. The molecule has 0 spiro atoms. The van der Waals surface area contributed by atoms with Crippen molar-refractivity contribution in [3.63, 3.8) is 0 Å². The molecule has 8 aromatic rings. The van der Waals surface area contributed by atoms with E-state index in [0.29, 0.717) is 0 Å². The van der Waals surface area contributed by atoms with Gasteiger partial charge in [-0.2, -0.15) is 0 Å². The van der Waals surface area contributed by atoms with E-state index in [1.165, 1.54) is 100.0 Å². The summed E-state index contributed by atoms with van der Waals surface area (Å²) in [5.74, 6) is 0. The maximum Gasteiger partial charge on any atom is -0.00262 e. The van der Waals surface area contributed by atoms with E-state index >= 15 is 0 Å². The minimum absolute atomic E-state index is 1.12. The fraction of sp³-hybridized carbons (Fsp3) is 0.0769. The van der Waals surface area contributed by atoms with Crippen LogP contribution in [0.2, 0.25) is 0 Å². The molecule has 246 valence electrons. The largest absolute Gasteiger partial charge is 0.0839 e. The van der Waals surface area contributed by atoms with Crippen molar-refractivity contribution in [1.82, 2.24) is 0 Å². The summed E-state index contributed by atoms with van der Waals surface area (Å²) in [4.78, 5) is 0. The summed E-state index contributed by atoms with van der Waals surface area (Å²) < 4.78 is 0. The molecular formula is C52H38. The van der Waals surface area contributed by atoms with Gasteiger partial charge in [0.25, 0.3) is 0 Å². The van der Waals surface area contributed by atoms with Gasteiger partial charge in [0.2, 0.25) is 0 Å². The highest BCUT2D eigenvalue weighted by Crippen LogP contribution is 2.45. The first-order valence-corrected chi connectivity index (χ1v) is 18.6. The van der Waals surface area contributed by atoms with Gasteiger partial charge in [0.1, 0.15) is 0 Å². The van der Waals surface area contributed by atoms with Gasteiger partial charge in [-0.25, -0.2) is 0 Å². The van der Waals surface area contributed by atoms with Gasteiger partial charge < -0.3 is 0 Å². The van der Waals surface area contributed by atoms with Crippen molar-refractivity contribution >= 4 is 37.9 Å². The molecule has 0 radical (unpaired) electrons. The Hall–Kier alpha value is -6.24. The maximum atomic E-state index is 2.46. The van der Waals surface area contributed by atoms with Crippen LogP contribution in [0.25, 0.3) is 82.4 Å². The van der Waals surface area contributed by atoms with Crippen molar-refractivity contribution in [2.75, 3.05) is 0 Å². The Morgan fingerprint density at radius 1 is 0.346 bits per heavy atom. The van der Waals surface area contributed by atoms with Crippen molar-refractivity contribution in [2.24, 2.45) is 0 Å². The number of rotatable bonds is 5. The molecule has 0 aliphatic heterocycles. The highest BCUT2D eigenvalue weighted by atomic mass is 14.2. The minimum Gasteiger partial charge on any atom is -0.0839 e. The van der Waals surface area contributed by atoms with E-state index in [9.17, 15) is 0 Å². The molecule has 0 heteroatoms. The Morgan fingerprint density at radius 2 is 0.865 bits per heavy atom. The predicted molar refractivity (Wildman–Crippen MR) is 223 cm³/mol. The van der Waals surface area contributed by atoms with Crippen LogP contribution in [0.15, 0.2) is 193 Å². The van der Waals surface area contributed by atoms with E-state index in [0.717, 1.165) is 19.3 Å². The Labute approximate surface area is 305 Å². The lowest BCUT2D eigenvalue weighted by atomic mass is 9.81. The van der Waals surface area contributed by atoms with Crippen LogP contribution in [0.1, 0.15) is 31.2 Å². The zero-order valence-electron chi connectivity index (χ0n) is 29.1. The Balaban J connectivity index is 1.07. The van der Waals surface area contributed by atoms with Crippen LogP contribution in [-0.4, -0.2) is 0 Å². The Morgan fingerprint density at radius 3 is 1.54 bits per heavy atom. The molecule has 0 amide bonds. The summed E-state index contributed by atoms with van der Waals surface area (Å²) in [5.41, 5.74) is 15.9. The second-order valence-corrected chi connectivity index (χ2v) is 14.2. The van der Waals surface area contributed by atoms with E-state index in [4.69, 9.17) is 0 Å². The summed E-state index contributed by atoms with van der Waals surface area (Å²) in [6.45, 7) is 0. The highest BCUT2D eigenvalue weighted by molar-refractivity contribution is 6.21. The molecule has 2 aliphatic rings. The first-order chi connectivity index (χ1) is 25.8. The second-order valence-electron chi connectivity index (χ2n) is 14.2. The van der Waals surface area contributed by atoms with E-state index in [1.807, 2.05) is 0 Å². The molecule has 0 saturated heterocycles. The maximum absolute atomic E-state index is 2.46. The van der Waals surface area contributed by atoms with E-state index in [2.05, 4.69) is 182 Å². The van der Waals surface area contributed by atoms with Crippen molar-refractivity contribution < 1.29 is 0 Å². The number of fused-ring (bicyclic) bond motifs is 3. The third-order valence-electron chi connectivity index (χ3n) is 11.2. The average Bonchev–Trinajstić information content (AvgIpc) is 3.22. The zero-order chi connectivity index (χ0) is 34.4. The second kappa shape index (κ2) is 12.8. The first kappa shape index (κ1) is 30.6. The van der Waals surface area contributed by atoms with Crippen molar-refractivity contribution in [2.45, 2.75) is 25.7 Å². The first-order valence-electron chi connectivity index (χ1n) is 18.6. The summed E-state index contributed by atoms with van der Waals surface area (Å²) in [6, 6.07) is 60.7. The molecule has 0 atom stereocenters. The predicted octanol–water partition coefficient (Wildman–Crippen LogP) is 14.6. The van der Waals surface area contributed by atoms with E-state index < -0.39 is 0 Å². The molecule has 0 N–H and O–H groups in total. The molecule has 8 aromatic carbocycles. The monoisotopic (exact) mass is 662 g/mol. The van der Waals surface area contributed by atoms with Gasteiger partial charge in [0, 0.05) is 0 Å². The normalized spacial score (nSPS) is 14.2. The van der Waals surface area contributed by atoms with E-state index in [-0.39, 0.29) is 0 Å². The van der Waals surface area contributed by atoms with Crippen LogP contribution >= 0.6 is 0 Å². The molecule has 52 heavy (non-hydrogen) atoms. The SMILES string of the molecule is C1=CC2=C(CC1)C(c1ccc(-c3c4ccccc4c(-c4cccc(-c5ccc6cc(-c7ccccc7)ccc6c5)c4)c4ccccc34)cc1)=CCC2. The molecular weight excluding hydrogens is 625 g/mol. The van der Waals surface area contributed by atoms with Gasteiger partial charge in [-0.3, -0.25) is 0 Å². The topological polar surface area (TPSA) is 0 Å². The van der Waals surface area contributed by atoms with Gasteiger partial charge in [0.15, 0.2) is 0 Å². The van der Waals surface area contributed by atoms with Crippen LogP contribution in [0, 0.1) is 0 Å². The molecule has 0 bridgehead atoms. The van der Waals surface area contributed by atoms with Crippen LogP contribution in [0.5, 0.6) is 0 Å². The standard InChI is InChI=1S/C52H38/c1-2-12-35(13-3-1)40-28-29-43-33-41(30-31-42(43)32-40)39-16-10-17-44(34-39)52-49-21-8-6-19-47(49)51(48-20-7-9-22-50(48)52)38-26-24-37(25-27-38)46-23-11-15-36-14-4-5-18-45(36)46/h1-4,6-10,12-14,16-17,19-34H,5,11,15,18H2. The summed E-state index contributed by atoms with van der Waals surface area (Å²) in [7, 11) is 0. The molecule has 0 nitrogen and oxygen atoms in total. The Kier molecular flexibility index (Phi) is 7.54. The summed E-state index contributed by atoms with van der Waals surface area (Å²) in [6.07, 6.45) is 11.7. The number of hydrogen-bond donors (Lipinski definition) is 0. The average molecular weight is 663 g/mol. The lowest BCUT2D eigenvalue weighted by molar-refractivity contribution is 0.892. The van der Waals surface area contributed by atoms with Crippen LogP contribution < -0.4 is 0 Å². The van der Waals surface area contributed by atoms with Gasteiger partial charge in [-0.05, 0) is 143 Å². The molecule has 0 aromatic heterocycles. The lowest BCUT2D eigenvalue weighted by Gasteiger charge is -2.23. The third-order valence-corrected chi connectivity index (χ3v) is 11.2. The fourth-order valence-corrected chi connectivity index (χ4v) is 8.70. The molecule has 2 aliphatic carbocycles. The molecule has 10 rings (SSSR count). The number of allylic oxidation sites excluding steroid dienone is 6. The third kappa shape index (κ3) is 5.31. The highest BCUT2D eigenvalue weighted by Gasteiger charge is 2.20. The smallest absolute Gasteiger partial charge is 0.00262 e. The quantitative estimate of drug-likeness (QED) is 0.161. The summed E-state index contributed by atoms with van der Waals surface area (Å²) >= 11 is 0.